The number of rotatable bonds is 7. The number of carbonyl (C=O) groups excluding carboxylic acids is 2. The fraction of sp³-hybridized carbons (Fsp3) is 0.409. The number of hydrogen-bond acceptors (Lipinski definition) is 5. The molecule has 2 heterocycles. The van der Waals surface area contributed by atoms with Gasteiger partial charge in [0, 0.05) is 30.2 Å². The van der Waals surface area contributed by atoms with Crippen LogP contribution in [-0.2, 0) is 9.59 Å². The molecule has 1 atom stereocenters. The van der Waals surface area contributed by atoms with Crippen molar-refractivity contribution in [2.24, 2.45) is 11.7 Å². The molecule has 1 aromatic carbocycles. The van der Waals surface area contributed by atoms with Crippen LogP contribution in [0.2, 0.25) is 0 Å². The van der Waals surface area contributed by atoms with Gasteiger partial charge in [-0.05, 0) is 62.1 Å². The van der Waals surface area contributed by atoms with Gasteiger partial charge in [0.2, 0.25) is 11.8 Å². The van der Waals surface area contributed by atoms with Crippen molar-refractivity contribution < 1.29 is 9.59 Å². The summed E-state index contributed by atoms with van der Waals surface area (Å²) in [6.07, 6.45) is 3.86. The first kappa shape index (κ1) is 21.2. The van der Waals surface area contributed by atoms with Gasteiger partial charge in [-0.25, -0.2) is 4.98 Å². The second-order valence-electron chi connectivity index (χ2n) is 7.49. The smallest absolute Gasteiger partial charge is 0.225 e. The minimum absolute atomic E-state index is 0.0253. The molecule has 1 aliphatic rings. The van der Waals surface area contributed by atoms with E-state index >= 15 is 0 Å². The molecule has 3 rings (SSSR count). The van der Waals surface area contributed by atoms with Crippen LogP contribution in [0, 0.1) is 19.8 Å². The monoisotopic (exact) mass is 412 g/mol. The van der Waals surface area contributed by atoms with Crippen molar-refractivity contribution in [2.45, 2.75) is 38.0 Å². The molecule has 2 amide bonds. The number of piperidine rings is 1. The number of carbonyl (C=O) groups is 2. The second kappa shape index (κ2) is 9.78. The minimum Gasteiger partial charge on any atom is -0.369 e. The predicted octanol–water partition coefficient (Wildman–Crippen LogP) is 3.52. The van der Waals surface area contributed by atoms with Gasteiger partial charge in [0.15, 0.2) is 0 Å². The van der Waals surface area contributed by atoms with E-state index in [1.54, 1.807) is 18.0 Å². The zero-order chi connectivity index (χ0) is 20.8. The summed E-state index contributed by atoms with van der Waals surface area (Å²) >= 11 is 1.69. The average molecular weight is 413 g/mol. The Hall–Kier alpha value is -2.54. The van der Waals surface area contributed by atoms with E-state index in [1.165, 1.54) is 16.0 Å². The van der Waals surface area contributed by atoms with Crippen LogP contribution < -0.4 is 16.0 Å². The van der Waals surface area contributed by atoms with Crippen molar-refractivity contribution in [3.63, 3.8) is 0 Å². The Morgan fingerprint density at radius 1 is 1.24 bits per heavy atom. The van der Waals surface area contributed by atoms with Crippen molar-refractivity contribution in [1.82, 2.24) is 4.98 Å². The van der Waals surface area contributed by atoms with Crippen LogP contribution in [0.25, 0.3) is 0 Å². The molecular formula is C22H28N4O2S. The summed E-state index contributed by atoms with van der Waals surface area (Å²) in [7, 11) is 0. The van der Waals surface area contributed by atoms with Gasteiger partial charge in [0.05, 0.1) is 17.8 Å². The van der Waals surface area contributed by atoms with Gasteiger partial charge in [-0.2, -0.15) is 0 Å². The summed E-state index contributed by atoms with van der Waals surface area (Å²) in [5, 5.41) is 2.90. The first-order valence-electron chi connectivity index (χ1n) is 9.92. The molecule has 1 aromatic heterocycles. The van der Waals surface area contributed by atoms with Gasteiger partial charge in [0.25, 0.3) is 0 Å². The maximum atomic E-state index is 12.2. The number of pyridine rings is 1. The third-order valence-electron chi connectivity index (χ3n) is 5.26. The van der Waals surface area contributed by atoms with Gasteiger partial charge in [-0.1, -0.05) is 6.07 Å². The van der Waals surface area contributed by atoms with E-state index in [1.807, 2.05) is 12.1 Å². The highest BCUT2D eigenvalue weighted by Gasteiger charge is 2.24. The zero-order valence-electron chi connectivity index (χ0n) is 17.0. The highest BCUT2D eigenvalue weighted by atomic mass is 32.2. The molecule has 0 aliphatic carbocycles. The summed E-state index contributed by atoms with van der Waals surface area (Å²) in [5.41, 5.74) is 8.66. The lowest BCUT2D eigenvalue weighted by atomic mass is 9.97. The molecule has 1 unspecified atom stereocenters. The van der Waals surface area contributed by atoms with Crippen LogP contribution in [-0.4, -0.2) is 35.6 Å². The fourth-order valence-electron chi connectivity index (χ4n) is 3.35. The number of aryl methyl sites for hydroxylation is 2. The average Bonchev–Trinajstić information content (AvgIpc) is 2.71. The van der Waals surface area contributed by atoms with Crippen molar-refractivity contribution in [3.8, 4) is 0 Å². The summed E-state index contributed by atoms with van der Waals surface area (Å²) in [6.45, 7) is 5.65. The topological polar surface area (TPSA) is 88.3 Å². The zero-order valence-corrected chi connectivity index (χ0v) is 17.8. The maximum absolute atomic E-state index is 12.2. The number of amides is 2. The number of nitrogens with two attached hydrogens (primary N) is 1. The van der Waals surface area contributed by atoms with Crippen LogP contribution in [0.15, 0.2) is 41.4 Å². The van der Waals surface area contributed by atoms with E-state index in [2.05, 4.69) is 47.2 Å². The summed E-state index contributed by atoms with van der Waals surface area (Å²) in [6, 6.07) is 10.1. The number of nitrogens with one attached hydrogen (secondary N) is 1. The number of aromatic nitrogens is 1. The minimum atomic E-state index is -0.253. The molecule has 1 saturated heterocycles. The van der Waals surface area contributed by atoms with Crippen LogP contribution in [0.5, 0.6) is 0 Å². The van der Waals surface area contributed by atoms with E-state index in [0.29, 0.717) is 18.7 Å². The van der Waals surface area contributed by atoms with Crippen molar-refractivity contribution >= 4 is 35.1 Å². The molecule has 0 spiro atoms. The number of primary amides is 1. The number of hydrogen-bond donors (Lipinski definition) is 2. The maximum Gasteiger partial charge on any atom is 0.225 e. The van der Waals surface area contributed by atoms with E-state index in [0.717, 1.165) is 31.0 Å². The normalized spacial score (nSPS) is 16.5. The van der Waals surface area contributed by atoms with Crippen molar-refractivity contribution in [1.29, 1.82) is 0 Å². The molecule has 3 N–H and O–H groups in total. The Kier molecular flexibility index (Phi) is 7.14. The summed E-state index contributed by atoms with van der Waals surface area (Å²) < 4.78 is 0. The molecule has 154 valence electrons. The van der Waals surface area contributed by atoms with Gasteiger partial charge in [-0.3, -0.25) is 9.59 Å². The van der Waals surface area contributed by atoms with E-state index < -0.39 is 0 Å². The third-order valence-corrected chi connectivity index (χ3v) is 6.25. The molecule has 1 fully saturated rings. The summed E-state index contributed by atoms with van der Waals surface area (Å²) in [5.74, 6) is 1.13. The Labute approximate surface area is 176 Å². The molecule has 29 heavy (non-hydrogen) atoms. The van der Waals surface area contributed by atoms with Crippen LogP contribution >= 0.6 is 11.8 Å². The molecule has 1 aliphatic heterocycles. The van der Waals surface area contributed by atoms with Gasteiger partial charge >= 0.3 is 0 Å². The fourth-order valence-corrected chi connectivity index (χ4v) is 4.30. The Morgan fingerprint density at radius 2 is 2.07 bits per heavy atom. The van der Waals surface area contributed by atoms with Gasteiger partial charge < -0.3 is 16.0 Å². The molecular weight excluding hydrogens is 384 g/mol. The number of anilines is 2. The van der Waals surface area contributed by atoms with Crippen molar-refractivity contribution in [2.75, 3.05) is 29.1 Å². The lowest BCUT2D eigenvalue weighted by Crippen LogP contribution is -2.41. The molecule has 0 bridgehead atoms. The third kappa shape index (κ3) is 5.97. The van der Waals surface area contributed by atoms with E-state index in [4.69, 9.17) is 5.73 Å². The molecule has 6 nitrogen and oxygen atoms in total. The van der Waals surface area contributed by atoms with E-state index in [9.17, 15) is 9.59 Å². The Balaban J connectivity index is 1.47. The predicted molar refractivity (Wildman–Crippen MR) is 118 cm³/mol. The quantitative estimate of drug-likeness (QED) is 0.679. The molecule has 7 heteroatoms. The first-order chi connectivity index (χ1) is 13.9. The Morgan fingerprint density at radius 3 is 2.76 bits per heavy atom. The Bertz CT molecular complexity index is 870. The highest BCUT2D eigenvalue weighted by Crippen LogP contribution is 2.23. The molecule has 0 radical (unpaired) electrons. The lowest BCUT2D eigenvalue weighted by molar-refractivity contribution is -0.122. The van der Waals surface area contributed by atoms with Crippen molar-refractivity contribution in [3.05, 3.63) is 47.7 Å². The number of nitrogens with zero attached hydrogens (tertiary/aromatic N) is 2. The number of benzene rings is 1. The number of thioether (sulfide) groups is 1. The lowest BCUT2D eigenvalue weighted by Gasteiger charge is -2.32. The van der Waals surface area contributed by atoms with E-state index in [-0.39, 0.29) is 17.7 Å². The highest BCUT2D eigenvalue weighted by molar-refractivity contribution is 7.99. The molecule has 2 aromatic rings. The first-order valence-corrected chi connectivity index (χ1v) is 10.9. The largest absolute Gasteiger partial charge is 0.369 e. The second-order valence-corrected chi connectivity index (χ2v) is 8.65. The van der Waals surface area contributed by atoms with Crippen LogP contribution in [0.3, 0.4) is 0 Å². The summed E-state index contributed by atoms with van der Waals surface area (Å²) in [4.78, 5) is 31.4. The SMILES string of the molecule is Cc1ccc(SCCC(=O)Nc2ccc(N3CCCC(C(N)=O)C3)nc2)cc1C. The molecule has 0 saturated carbocycles. The van der Waals surface area contributed by atoms with Crippen LogP contribution in [0.4, 0.5) is 11.5 Å². The van der Waals surface area contributed by atoms with Gasteiger partial charge in [0.1, 0.15) is 5.82 Å². The van der Waals surface area contributed by atoms with Crippen LogP contribution in [0.1, 0.15) is 30.4 Å². The van der Waals surface area contributed by atoms with Gasteiger partial charge in [-0.15, -0.1) is 11.8 Å². The standard InChI is InChI=1S/C22H28N4O2S/c1-15-5-7-19(12-16(15)2)29-11-9-21(27)25-18-6-8-20(24-13-18)26-10-3-4-17(14-26)22(23)28/h5-8,12-13,17H,3-4,9-11,14H2,1-2H3,(H2,23,28)(H,25,27).